The Morgan fingerprint density at radius 1 is 0.625 bits per heavy atom. The number of allylic oxidation sites excluding steroid dienone is 1. The van der Waals surface area contributed by atoms with Crippen LogP contribution in [0, 0.1) is 6.58 Å². The third kappa shape index (κ3) is 11.5. The Labute approximate surface area is 151 Å². The van der Waals surface area contributed by atoms with Crippen LogP contribution in [0.15, 0.2) is 30.3 Å². The van der Waals surface area contributed by atoms with Crippen LogP contribution in [0.5, 0.6) is 0 Å². The second-order valence-corrected chi connectivity index (χ2v) is 7.23. The van der Waals surface area contributed by atoms with Crippen molar-refractivity contribution in [3.8, 4) is 0 Å². The van der Waals surface area contributed by atoms with Gasteiger partial charge in [-0.25, -0.2) is 0 Å². The van der Waals surface area contributed by atoms with E-state index in [-0.39, 0.29) is 0 Å². The lowest BCUT2D eigenvalue weighted by Crippen LogP contribution is -1.90. The van der Waals surface area contributed by atoms with Gasteiger partial charge in [0.1, 0.15) is 0 Å². The van der Waals surface area contributed by atoms with Crippen LogP contribution >= 0.6 is 0 Å². The molecule has 1 aromatic rings. The maximum Gasteiger partial charge on any atom is -0.0279 e. The van der Waals surface area contributed by atoms with E-state index < -0.39 is 0 Å². The Kier molecular flexibility index (Phi) is 13.6. The highest BCUT2D eigenvalue weighted by Crippen LogP contribution is 2.14. The van der Waals surface area contributed by atoms with E-state index in [0.29, 0.717) is 0 Å². The predicted molar refractivity (Wildman–Crippen MR) is 108 cm³/mol. The second-order valence-electron chi connectivity index (χ2n) is 7.23. The summed E-state index contributed by atoms with van der Waals surface area (Å²) in [6.45, 7) is 7.68. The highest BCUT2D eigenvalue weighted by Gasteiger charge is 1.97. The van der Waals surface area contributed by atoms with Gasteiger partial charge >= 0.3 is 0 Å². The van der Waals surface area contributed by atoms with Crippen LogP contribution in [-0.4, -0.2) is 0 Å². The summed E-state index contributed by atoms with van der Waals surface area (Å²) in [6.07, 6.45) is 21.8. The number of rotatable bonds is 16. The van der Waals surface area contributed by atoms with Gasteiger partial charge in [-0.2, -0.15) is 0 Å². The van der Waals surface area contributed by atoms with Crippen LogP contribution in [-0.2, 0) is 12.8 Å². The van der Waals surface area contributed by atoms with Crippen molar-refractivity contribution in [3.63, 3.8) is 0 Å². The fourth-order valence-corrected chi connectivity index (χ4v) is 3.28. The van der Waals surface area contributed by atoms with Gasteiger partial charge in [0, 0.05) is 0 Å². The van der Waals surface area contributed by atoms with Crippen LogP contribution in [0.4, 0.5) is 0 Å². The maximum absolute atomic E-state index is 5.40. The van der Waals surface area contributed by atoms with Crippen LogP contribution in [0.3, 0.4) is 0 Å². The van der Waals surface area contributed by atoms with E-state index in [1.54, 1.807) is 6.08 Å². The van der Waals surface area contributed by atoms with E-state index in [9.17, 15) is 0 Å². The normalized spacial score (nSPS) is 10.9. The minimum Gasteiger partial charge on any atom is -0.0845 e. The fraction of sp³-hybridized carbons (Fsp3) is 0.667. The minimum atomic E-state index is 1.06. The molecule has 0 fully saturated rings. The zero-order valence-electron chi connectivity index (χ0n) is 16.1. The Bertz CT molecular complexity index is 387. The van der Waals surface area contributed by atoms with Crippen molar-refractivity contribution in [2.75, 3.05) is 0 Å². The molecule has 0 saturated heterocycles. The summed E-state index contributed by atoms with van der Waals surface area (Å²) in [4.78, 5) is 0. The third-order valence-corrected chi connectivity index (χ3v) is 4.93. The molecule has 0 unspecified atom stereocenters. The summed E-state index contributed by atoms with van der Waals surface area (Å²) in [5.74, 6) is 0. The molecule has 0 aliphatic rings. The zero-order valence-corrected chi connectivity index (χ0v) is 16.1. The molecule has 0 aromatic heterocycles. The smallest absolute Gasteiger partial charge is 0.0279 e. The lowest BCUT2D eigenvalue weighted by molar-refractivity contribution is 0.575. The summed E-state index contributed by atoms with van der Waals surface area (Å²) in [5.41, 5.74) is 3.02. The van der Waals surface area contributed by atoms with Gasteiger partial charge in [-0.1, -0.05) is 102 Å². The van der Waals surface area contributed by atoms with E-state index in [4.69, 9.17) is 6.58 Å². The van der Waals surface area contributed by atoms with Gasteiger partial charge in [0.25, 0.3) is 0 Å². The second kappa shape index (κ2) is 15.5. The van der Waals surface area contributed by atoms with Crippen molar-refractivity contribution in [2.24, 2.45) is 0 Å². The molecule has 0 bridgehead atoms. The van der Waals surface area contributed by atoms with Crippen LogP contribution < -0.4 is 0 Å². The van der Waals surface area contributed by atoms with Crippen molar-refractivity contribution in [3.05, 3.63) is 48.0 Å². The largest absolute Gasteiger partial charge is 0.0845 e. The van der Waals surface area contributed by atoms with Crippen molar-refractivity contribution < 1.29 is 0 Å². The van der Waals surface area contributed by atoms with E-state index in [1.165, 1.54) is 101 Å². The average Bonchev–Trinajstić information content (AvgIpc) is 2.61. The van der Waals surface area contributed by atoms with Gasteiger partial charge < -0.3 is 0 Å². The van der Waals surface area contributed by atoms with Crippen LogP contribution in [0.2, 0.25) is 0 Å². The first-order valence-corrected chi connectivity index (χ1v) is 10.5. The lowest BCUT2D eigenvalue weighted by atomic mass is 10.0. The predicted octanol–water partition coefficient (Wildman–Crippen LogP) is 7.85. The quantitative estimate of drug-likeness (QED) is 0.271. The summed E-state index contributed by atoms with van der Waals surface area (Å²) >= 11 is 0. The highest BCUT2D eigenvalue weighted by molar-refractivity contribution is 5.22. The molecule has 0 nitrogen and oxygen atoms in total. The summed E-state index contributed by atoms with van der Waals surface area (Å²) in [5, 5.41) is 0. The van der Waals surface area contributed by atoms with E-state index >= 15 is 0 Å². The Balaban J connectivity index is 2.02. The molecule has 1 rings (SSSR count). The first-order valence-electron chi connectivity index (χ1n) is 10.5. The Hall–Kier alpha value is -1.04. The van der Waals surface area contributed by atoms with Gasteiger partial charge in [-0.05, 0) is 49.7 Å². The summed E-state index contributed by atoms with van der Waals surface area (Å²) < 4.78 is 0. The number of aryl methyl sites for hydroxylation is 2. The molecule has 0 spiro atoms. The summed E-state index contributed by atoms with van der Waals surface area (Å²) in [7, 11) is 0. The van der Waals surface area contributed by atoms with E-state index in [1.807, 2.05) is 0 Å². The average molecular weight is 328 g/mol. The van der Waals surface area contributed by atoms with Crippen molar-refractivity contribution in [1.29, 1.82) is 0 Å². The molecule has 0 heterocycles. The van der Waals surface area contributed by atoms with Crippen LogP contribution in [0.1, 0.15) is 102 Å². The molecular formula is C24H39. The first kappa shape index (κ1) is 21.0. The van der Waals surface area contributed by atoms with Gasteiger partial charge in [0.05, 0.1) is 0 Å². The van der Waals surface area contributed by atoms with Gasteiger partial charge in [-0.3, -0.25) is 0 Å². The molecule has 0 aliphatic heterocycles. The standard InChI is InChI=1S/C24H39/c1-3-5-7-9-11-12-14-16-18-24-21-19-23(20-22-24)17-15-13-10-8-6-4-2/h2,4,19-22H,3,5-18H2,1H3. The van der Waals surface area contributed by atoms with Gasteiger partial charge in [0.15, 0.2) is 0 Å². The monoisotopic (exact) mass is 327 g/mol. The van der Waals surface area contributed by atoms with Crippen molar-refractivity contribution >= 4 is 0 Å². The zero-order chi connectivity index (χ0) is 17.3. The highest BCUT2D eigenvalue weighted by atomic mass is 14.0. The molecule has 0 amide bonds. The molecule has 1 aromatic carbocycles. The SMILES string of the molecule is [CH]=CCCCCCCc1ccc(CCCCCCCCCC)cc1. The number of hydrogen-bond donors (Lipinski definition) is 0. The van der Waals surface area contributed by atoms with E-state index in [2.05, 4.69) is 31.2 Å². The Morgan fingerprint density at radius 3 is 1.50 bits per heavy atom. The van der Waals surface area contributed by atoms with Crippen molar-refractivity contribution in [1.82, 2.24) is 0 Å². The number of unbranched alkanes of at least 4 members (excludes halogenated alkanes) is 11. The number of hydrogen-bond acceptors (Lipinski definition) is 0. The molecule has 0 atom stereocenters. The third-order valence-electron chi connectivity index (χ3n) is 4.93. The Morgan fingerprint density at radius 2 is 1.04 bits per heavy atom. The molecule has 0 saturated carbocycles. The summed E-state index contributed by atoms with van der Waals surface area (Å²) in [6, 6.07) is 9.38. The van der Waals surface area contributed by atoms with Crippen molar-refractivity contribution in [2.45, 2.75) is 103 Å². The molecule has 0 aliphatic carbocycles. The first-order chi connectivity index (χ1) is 11.9. The topological polar surface area (TPSA) is 0 Å². The molecular weight excluding hydrogens is 288 g/mol. The minimum absolute atomic E-state index is 1.06. The molecule has 0 heteroatoms. The molecule has 24 heavy (non-hydrogen) atoms. The lowest BCUT2D eigenvalue weighted by Gasteiger charge is -2.05. The van der Waals surface area contributed by atoms with E-state index in [0.717, 1.165) is 6.42 Å². The number of benzene rings is 1. The maximum atomic E-state index is 5.40. The van der Waals surface area contributed by atoms with Gasteiger partial charge in [0.2, 0.25) is 0 Å². The molecule has 135 valence electrons. The van der Waals surface area contributed by atoms with Gasteiger partial charge in [-0.15, -0.1) is 0 Å². The molecule has 0 N–H and O–H groups in total. The molecule has 1 radical (unpaired) electrons. The van der Waals surface area contributed by atoms with Crippen LogP contribution in [0.25, 0.3) is 0 Å². The fourth-order valence-electron chi connectivity index (χ4n) is 3.28.